The molecule has 112 valence electrons. The number of aromatic carboxylic acids is 1. The Hall–Kier alpha value is -1.34. The molecule has 7 heteroatoms. The fraction of sp³-hybridized carbons (Fsp3) is 0.615. The van der Waals surface area contributed by atoms with Crippen LogP contribution in [0, 0.1) is 5.92 Å². The van der Waals surface area contributed by atoms with Crippen molar-refractivity contribution in [2.45, 2.75) is 31.1 Å². The van der Waals surface area contributed by atoms with Gasteiger partial charge in [0.15, 0.2) is 0 Å². The first kappa shape index (κ1) is 15.1. The summed E-state index contributed by atoms with van der Waals surface area (Å²) in [5.74, 6) is -0.537. The zero-order valence-electron chi connectivity index (χ0n) is 11.7. The van der Waals surface area contributed by atoms with E-state index in [-0.39, 0.29) is 10.6 Å². The molecule has 0 bridgehead atoms. The molecule has 2 heterocycles. The maximum Gasteiger partial charge on any atom is 0.352 e. The maximum atomic E-state index is 12.5. The van der Waals surface area contributed by atoms with E-state index in [0.29, 0.717) is 19.0 Å². The smallest absolute Gasteiger partial charge is 0.352 e. The topological polar surface area (TPSA) is 79.6 Å². The van der Waals surface area contributed by atoms with Gasteiger partial charge in [0.2, 0.25) is 10.0 Å². The number of hydrogen-bond donors (Lipinski definition) is 1. The number of aromatic nitrogens is 1. The van der Waals surface area contributed by atoms with Gasteiger partial charge in [-0.2, -0.15) is 4.31 Å². The van der Waals surface area contributed by atoms with Crippen LogP contribution in [0.4, 0.5) is 0 Å². The van der Waals surface area contributed by atoms with Crippen molar-refractivity contribution in [1.82, 2.24) is 8.87 Å². The predicted molar refractivity (Wildman–Crippen MR) is 74.1 cm³/mol. The van der Waals surface area contributed by atoms with E-state index >= 15 is 0 Å². The summed E-state index contributed by atoms with van der Waals surface area (Å²) in [6.45, 7) is 3.14. The van der Waals surface area contributed by atoms with Crippen LogP contribution >= 0.6 is 0 Å². The lowest BCUT2D eigenvalue weighted by molar-refractivity contribution is 0.0686. The molecule has 1 aromatic heterocycles. The van der Waals surface area contributed by atoms with E-state index in [9.17, 15) is 13.2 Å². The molecule has 1 aliphatic rings. The molecule has 6 nitrogen and oxygen atoms in total. The van der Waals surface area contributed by atoms with Crippen molar-refractivity contribution in [3.05, 3.63) is 18.0 Å². The molecule has 0 unspecified atom stereocenters. The molecule has 0 aliphatic carbocycles. The minimum atomic E-state index is -3.58. The van der Waals surface area contributed by atoms with Crippen LogP contribution in [0.1, 0.15) is 36.7 Å². The first-order chi connectivity index (χ1) is 9.36. The Labute approximate surface area is 119 Å². The van der Waals surface area contributed by atoms with Gasteiger partial charge in [-0.3, -0.25) is 0 Å². The summed E-state index contributed by atoms with van der Waals surface area (Å²) in [5.41, 5.74) is -0.0213. The van der Waals surface area contributed by atoms with Crippen LogP contribution in [-0.2, 0) is 17.1 Å². The fourth-order valence-corrected chi connectivity index (χ4v) is 4.14. The monoisotopic (exact) mass is 300 g/mol. The van der Waals surface area contributed by atoms with Crippen molar-refractivity contribution >= 4 is 16.0 Å². The molecule has 0 spiro atoms. The Morgan fingerprint density at radius 2 is 2.00 bits per heavy atom. The lowest BCUT2D eigenvalue weighted by Crippen LogP contribution is -2.38. The number of carbonyl (C=O) groups is 1. The van der Waals surface area contributed by atoms with Gasteiger partial charge in [0.05, 0.1) is 0 Å². The largest absolute Gasteiger partial charge is 0.477 e. The molecule has 0 atom stereocenters. The highest BCUT2D eigenvalue weighted by atomic mass is 32.2. The molecule has 2 rings (SSSR count). The number of carboxylic acids is 1. The Bertz CT molecular complexity index is 598. The van der Waals surface area contributed by atoms with Crippen LogP contribution < -0.4 is 0 Å². The Balaban J connectivity index is 2.23. The van der Waals surface area contributed by atoms with E-state index < -0.39 is 16.0 Å². The zero-order valence-corrected chi connectivity index (χ0v) is 12.6. The molecule has 1 N–H and O–H groups in total. The van der Waals surface area contributed by atoms with E-state index in [0.717, 1.165) is 19.3 Å². The van der Waals surface area contributed by atoms with Crippen molar-refractivity contribution in [3.8, 4) is 0 Å². The number of carboxylic acid groups (broad SMARTS) is 1. The number of piperidine rings is 1. The maximum absolute atomic E-state index is 12.5. The van der Waals surface area contributed by atoms with Gasteiger partial charge in [-0.25, -0.2) is 13.2 Å². The highest BCUT2D eigenvalue weighted by molar-refractivity contribution is 7.89. The SMILES string of the molecule is CCC1CCN(S(=O)(=O)c2cc(C(=O)O)n(C)c2)CC1. The molecular formula is C13H20N2O4S. The average Bonchev–Trinajstić information content (AvgIpc) is 2.82. The third-order valence-electron chi connectivity index (χ3n) is 3.99. The second-order valence-corrected chi connectivity index (χ2v) is 7.17. The molecule has 1 saturated heterocycles. The van der Waals surface area contributed by atoms with Crippen LogP contribution in [0.15, 0.2) is 17.2 Å². The van der Waals surface area contributed by atoms with Gasteiger partial charge >= 0.3 is 5.97 Å². The van der Waals surface area contributed by atoms with Gasteiger partial charge in [0, 0.05) is 26.3 Å². The summed E-state index contributed by atoms with van der Waals surface area (Å²) in [7, 11) is -2.05. The second kappa shape index (κ2) is 5.57. The molecule has 20 heavy (non-hydrogen) atoms. The van der Waals surface area contributed by atoms with E-state index in [1.54, 1.807) is 0 Å². The fourth-order valence-electron chi connectivity index (χ4n) is 2.59. The number of sulfonamides is 1. The van der Waals surface area contributed by atoms with Gasteiger partial charge < -0.3 is 9.67 Å². The predicted octanol–water partition coefficient (Wildman–Crippen LogP) is 1.53. The molecule has 0 saturated carbocycles. The highest BCUT2D eigenvalue weighted by Gasteiger charge is 2.30. The molecule has 0 radical (unpaired) electrons. The Morgan fingerprint density at radius 3 is 2.45 bits per heavy atom. The van der Waals surface area contributed by atoms with Crippen molar-refractivity contribution < 1.29 is 18.3 Å². The highest BCUT2D eigenvalue weighted by Crippen LogP contribution is 2.26. The summed E-state index contributed by atoms with van der Waals surface area (Å²) in [4.78, 5) is 11.1. The van der Waals surface area contributed by atoms with E-state index in [1.165, 1.54) is 28.2 Å². The van der Waals surface area contributed by atoms with Gasteiger partial charge in [0.25, 0.3) is 0 Å². The Kier molecular flexibility index (Phi) is 4.19. The van der Waals surface area contributed by atoms with Crippen LogP contribution in [0.25, 0.3) is 0 Å². The first-order valence-electron chi connectivity index (χ1n) is 6.76. The summed E-state index contributed by atoms with van der Waals surface area (Å²) < 4.78 is 27.8. The molecule has 1 fully saturated rings. The van der Waals surface area contributed by atoms with Crippen LogP contribution in [-0.4, -0.2) is 41.5 Å². The van der Waals surface area contributed by atoms with E-state index in [4.69, 9.17) is 5.11 Å². The number of aryl methyl sites for hydroxylation is 1. The van der Waals surface area contributed by atoms with Crippen molar-refractivity contribution in [2.24, 2.45) is 13.0 Å². The third-order valence-corrected chi connectivity index (χ3v) is 5.85. The number of nitrogens with zero attached hydrogens (tertiary/aromatic N) is 2. The molecular weight excluding hydrogens is 280 g/mol. The minimum Gasteiger partial charge on any atom is -0.477 e. The summed E-state index contributed by atoms with van der Waals surface area (Å²) in [6.07, 6.45) is 4.18. The molecule has 0 aromatic carbocycles. The Morgan fingerprint density at radius 1 is 1.40 bits per heavy atom. The normalized spacial score (nSPS) is 18.3. The lowest BCUT2D eigenvalue weighted by atomic mass is 9.96. The second-order valence-electron chi connectivity index (χ2n) is 5.23. The molecule has 1 aromatic rings. The molecule has 1 aliphatic heterocycles. The summed E-state index contributed by atoms with van der Waals surface area (Å²) in [5, 5.41) is 8.99. The summed E-state index contributed by atoms with van der Waals surface area (Å²) >= 11 is 0. The van der Waals surface area contributed by atoms with Gasteiger partial charge in [-0.15, -0.1) is 0 Å². The van der Waals surface area contributed by atoms with Gasteiger partial charge in [-0.05, 0) is 24.8 Å². The zero-order chi connectivity index (χ0) is 14.9. The minimum absolute atomic E-state index is 0.0213. The van der Waals surface area contributed by atoms with E-state index in [1.807, 2.05) is 0 Å². The number of rotatable bonds is 4. The number of hydrogen-bond acceptors (Lipinski definition) is 3. The first-order valence-corrected chi connectivity index (χ1v) is 8.20. The molecule has 0 amide bonds. The van der Waals surface area contributed by atoms with Crippen molar-refractivity contribution in [2.75, 3.05) is 13.1 Å². The van der Waals surface area contributed by atoms with Crippen molar-refractivity contribution in [3.63, 3.8) is 0 Å². The quantitative estimate of drug-likeness (QED) is 0.914. The van der Waals surface area contributed by atoms with Gasteiger partial charge in [0.1, 0.15) is 10.6 Å². The van der Waals surface area contributed by atoms with Crippen LogP contribution in [0.5, 0.6) is 0 Å². The standard InChI is InChI=1S/C13H20N2O4S/c1-3-10-4-6-15(7-5-10)20(18,19)11-8-12(13(16)17)14(2)9-11/h8-10H,3-7H2,1-2H3,(H,16,17). The summed E-state index contributed by atoms with van der Waals surface area (Å²) in [6, 6.07) is 1.23. The van der Waals surface area contributed by atoms with E-state index in [2.05, 4.69) is 6.92 Å². The lowest BCUT2D eigenvalue weighted by Gasteiger charge is -2.30. The van der Waals surface area contributed by atoms with Crippen LogP contribution in [0.3, 0.4) is 0 Å². The van der Waals surface area contributed by atoms with Gasteiger partial charge in [-0.1, -0.05) is 13.3 Å². The average molecular weight is 300 g/mol. The third kappa shape index (κ3) is 2.73. The van der Waals surface area contributed by atoms with Crippen molar-refractivity contribution in [1.29, 1.82) is 0 Å². The van der Waals surface area contributed by atoms with Crippen LogP contribution in [0.2, 0.25) is 0 Å².